The molecule has 0 fully saturated rings. The van der Waals surface area contributed by atoms with Crippen molar-refractivity contribution < 1.29 is 9.90 Å². The highest BCUT2D eigenvalue weighted by atomic mass is 32.1. The lowest BCUT2D eigenvalue weighted by molar-refractivity contribution is 0.0690. The molecule has 5 heteroatoms. The minimum absolute atomic E-state index is 0.162. The van der Waals surface area contributed by atoms with Crippen molar-refractivity contribution in [3.8, 4) is 0 Å². The van der Waals surface area contributed by atoms with Gasteiger partial charge in [-0.1, -0.05) is 19.8 Å². The fourth-order valence-corrected chi connectivity index (χ4v) is 2.37. The molecule has 1 unspecified atom stereocenters. The maximum atomic E-state index is 10.8. The molecule has 2 N–H and O–H groups in total. The summed E-state index contributed by atoms with van der Waals surface area (Å²) in [4.78, 5) is 15.6. The van der Waals surface area contributed by atoms with Gasteiger partial charge in [-0.25, -0.2) is 9.78 Å². The minimum Gasteiger partial charge on any atom is -0.476 e. The largest absolute Gasteiger partial charge is 0.476 e. The van der Waals surface area contributed by atoms with E-state index in [0.29, 0.717) is 11.2 Å². The van der Waals surface area contributed by atoms with Crippen LogP contribution in [0.5, 0.6) is 0 Å². The number of aryl methyl sites for hydroxylation is 1. The van der Waals surface area contributed by atoms with Crippen LogP contribution in [0.15, 0.2) is 0 Å². The third-order valence-electron chi connectivity index (χ3n) is 2.36. The summed E-state index contributed by atoms with van der Waals surface area (Å²) in [6.45, 7) is 6.03. The summed E-state index contributed by atoms with van der Waals surface area (Å²) in [6, 6.07) is 0.340. The van der Waals surface area contributed by atoms with Crippen LogP contribution in [0, 0.1) is 6.92 Å². The van der Waals surface area contributed by atoms with Gasteiger partial charge in [0, 0.05) is 10.9 Å². The van der Waals surface area contributed by atoms with Crippen molar-refractivity contribution in [1.29, 1.82) is 0 Å². The first kappa shape index (κ1) is 13.0. The molecule has 0 spiro atoms. The number of anilines is 1. The maximum Gasteiger partial charge on any atom is 0.355 e. The highest BCUT2D eigenvalue weighted by Crippen LogP contribution is 2.23. The van der Waals surface area contributed by atoms with E-state index in [1.165, 1.54) is 24.2 Å². The van der Waals surface area contributed by atoms with Crippen molar-refractivity contribution in [2.24, 2.45) is 0 Å². The van der Waals surface area contributed by atoms with E-state index >= 15 is 0 Å². The second kappa shape index (κ2) is 5.84. The number of carbonyl (C=O) groups is 1. The quantitative estimate of drug-likeness (QED) is 0.804. The zero-order valence-corrected chi connectivity index (χ0v) is 10.7. The molecule has 0 amide bonds. The highest BCUT2D eigenvalue weighted by Gasteiger charge is 2.14. The standard InChI is InChI=1S/C11H18N2O2S/c1-4-5-6-7(2)12-11-13-9(10(14)15)8(3)16-11/h7H,4-6H2,1-3H3,(H,12,13)(H,14,15). The van der Waals surface area contributed by atoms with Gasteiger partial charge in [0.1, 0.15) is 0 Å². The first-order valence-electron chi connectivity index (χ1n) is 5.51. The number of carboxylic acid groups (broad SMARTS) is 1. The minimum atomic E-state index is -0.956. The first-order chi connectivity index (χ1) is 7.54. The number of carboxylic acids is 1. The van der Waals surface area contributed by atoms with Crippen LogP contribution in [0.3, 0.4) is 0 Å². The molecule has 0 radical (unpaired) electrons. The van der Waals surface area contributed by atoms with Crippen molar-refractivity contribution in [3.63, 3.8) is 0 Å². The molecule has 1 rings (SSSR count). The average Bonchev–Trinajstić information content (AvgIpc) is 2.56. The molecule has 0 saturated heterocycles. The molecule has 0 aromatic carbocycles. The SMILES string of the molecule is CCCCC(C)Nc1nc(C(=O)O)c(C)s1. The Bertz CT molecular complexity index is 363. The Morgan fingerprint density at radius 1 is 1.62 bits per heavy atom. The molecule has 16 heavy (non-hydrogen) atoms. The molecular formula is C11H18N2O2S. The van der Waals surface area contributed by atoms with E-state index in [4.69, 9.17) is 5.11 Å². The number of unbranched alkanes of at least 4 members (excludes halogenated alkanes) is 1. The van der Waals surface area contributed by atoms with Crippen molar-refractivity contribution >= 4 is 22.4 Å². The van der Waals surface area contributed by atoms with Crippen molar-refractivity contribution in [3.05, 3.63) is 10.6 Å². The lowest BCUT2D eigenvalue weighted by Crippen LogP contribution is -2.14. The Balaban J connectivity index is 2.60. The average molecular weight is 242 g/mol. The summed E-state index contributed by atoms with van der Waals surface area (Å²) >= 11 is 1.40. The molecular weight excluding hydrogens is 224 g/mol. The van der Waals surface area contributed by atoms with Gasteiger partial charge in [-0.15, -0.1) is 11.3 Å². The van der Waals surface area contributed by atoms with Gasteiger partial charge in [-0.3, -0.25) is 0 Å². The van der Waals surface area contributed by atoms with E-state index in [0.717, 1.165) is 11.3 Å². The fourth-order valence-electron chi connectivity index (χ4n) is 1.45. The topological polar surface area (TPSA) is 62.2 Å². The van der Waals surface area contributed by atoms with Crippen molar-refractivity contribution in [2.45, 2.75) is 46.1 Å². The zero-order valence-electron chi connectivity index (χ0n) is 9.91. The molecule has 4 nitrogen and oxygen atoms in total. The first-order valence-corrected chi connectivity index (χ1v) is 6.33. The smallest absolute Gasteiger partial charge is 0.355 e. The number of rotatable bonds is 6. The van der Waals surface area contributed by atoms with Gasteiger partial charge in [0.05, 0.1) is 0 Å². The van der Waals surface area contributed by atoms with E-state index < -0.39 is 5.97 Å². The Morgan fingerprint density at radius 3 is 2.81 bits per heavy atom. The van der Waals surface area contributed by atoms with Crippen LogP contribution in [0.25, 0.3) is 0 Å². The molecule has 0 saturated carbocycles. The Hall–Kier alpha value is -1.10. The molecule has 1 aromatic rings. The molecule has 1 heterocycles. The van der Waals surface area contributed by atoms with Crippen LogP contribution in [0.4, 0.5) is 5.13 Å². The normalized spacial score (nSPS) is 12.4. The maximum absolute atomic E-state index is 10.8. The summed E-state index contributed by atoms with van der Waals surface area (Å²) in [7, 11) is 0. The zero-order chi connectivity index (χ0) is 12.1. The van der Waals surface area contributed by atoms with Crippen LogP contribution in [0.2, 0.25) is 0 Å². The lowest BCUT2D eigenvalue weighted by atomic mass is 10.1. The number of hydrogen-bond donors (Lipinski definition) is 2. The van der Waals surface area contributed by atoms with Gasteiger partial charge < -0.3 is 10.4 Å². The number of aromatic nitrogens is 1. The van der Waals surface area contributed by atoms with E-state index in [2.05, 4.69) is 24.1 Å². The number of hydrogen-bond acceptors (Lipinski definition) is 4. The van der Waals surface area contributed by atoms with Gasteiger partial charge in [0.2, 0.25) is 0 Å². The second-order valence-corrected chi connectivity index (χ2v) is 5.12. The van der Waals surface area contributed by atoms with Crippen LogP contribution < -0.4 is 5.32 Å². The van der Waals surface area contributed by atoms with Gasteiger partial charge in [0.15, 0.2) is 10.8 Å². The molecule has 1 atom stereocenters. The van der Waals surface area contributed by atoms with Crippen LogP contribution in [-0.4, -0.2) is 22.1 Å². The van der Waals surface area contributed by atoms with E-state index in [1.54, 1.807) is 6.92 Å². The fraction of sp³-hybridized carbons (Fsp3) is 0.636. The second-order valence-electron chi connectivity index (χ2n) is 3.92. The molecule has 90 valence electrons. The van der Waals surface area contributed by atoms with E-state index in [1.807, 2.05) is 0 Å². The Kier molecular flexibility index (Phi) is 4.73. The Morgan fingerprint density at radius 2 is 2.31 bits per heavy atom. The van der Waals surface area contributed by atoms with Crippen molar-refractivity contribution in [2.75, 3.05) is 5.32 Å². The lowest BCUT2D eigenvalue weighted by Gasteiger charge is -2.11. The number of nitrogens with one attached hydrogen (secondary N) is 1. The number of thiazole rings is 1. The molecule has 0 aliphatic rings. The van der Waals surface area contributed by atoms with E-state index in [-0.39, 0.29) is 5.69 Å². The van der Waals surface area contributed by atoms with E-state index in [9.17, 15) is 4.79 Å². The van der Waals surface area contributed by atoms with Crippen molar-refractivity contribution in [1.82, 2.24) is 4.98 Å². The predicted molar refractivity (Wildman–Crippen MR) is 66.4 cm³/mol. The molecule has 0 bridgehead atoms. The summed E-state index contributed by atoms with van der Waals surface area (Å²) in [6.07, 6.45) is 3.42. The third kappa shape index (κ3) is 3.48. The molecule has 0 aliphatic carbocycles. The van der Waals surface area contributed by atoms with Gasteiger partial charge >= 0.3 is 5.97 Å². The van der Waals surface area contributed by atoms with Crippen LogP contribution >= 0.6 is 11.3 Å². The van der Waals surface area contributed by atoms with Gasteiger partial charge in [-0.2, -0.15) is 0 Å². The highest BCUT2D eigenvalue weighted by molar-refractivity contribution is 7.15. The summed E-state index contributed by atoms with van der Waals surface area (Å²) in [5.74, 6) is -0.956. The summed E-state index contributed by atoms with van der Waals surface area (Å²) in [5, 5.41) is 12.8. The summed E-state index contributed by atoms with van der Waals surface area (Å²) in [5.41, 5.74) is 0.162. The number of nitrogens with zero attached hydrogens (tertiary/aromatic N) is 1. The van der Waals surface area contributed by atoms with Crippen LogP contribution in [0.1, 0.15) is 48.5 Å². The van der Waals surface area contributed by atoms with Crippen LogP contribution in [-0.2, 0) is 0 Å². The monoisotopic (exact) mass is 242 g/mol. The molecule has 1 aromatic heterocycles. The third-order valence-corrected chi connectivity index (χ3v) is 3.26. The summed E-state index contributed by atoms with van der Waals surface area (Å²) < 4.78 is 0. The number of aromatic carboxylic acids is 1. The Labute approximate surface area is 99.7 Å². The van der Waals surface area contributed by atoms with Gasteiger partial charge in [0.25, 0.3) is 0 Å². The predicted octanol–water partition coefficient (Wildman–Crippen LogP) is 3.14. The van der Waals surface area contributed by atoms with Gasteiger partial charge in [-0.05, 0) is 20.3 Å². The molecule has 0 aliphatic heterocycles.